The van der Waals surface area contributed by atoms with Crippen LogP contribution in [0.25, 0.3) is 0 Å². The van der Waals surface area contributed by atoms with E-state index in [0.717, 1.165) is 15.7 Å². The molecule has 1 aromatic heterocycles. The van der Waals surface area contributed by atoms with E-state index in [2.05, 4.69) is 42.8 Å². The molecule has 0 bridgehead atoms. The molecule has 5 heteroatoms. The fourth-order valence-electron chi connectivity index (χ4n) is 3.59. The molecule has 2 saturated carbocycles. The van der Waals surface area contributed by atoms with E-state index in [-0.39, 0.29) is 0 Å². The lowest BCUT2D eigenvalue weighted by Gasteiger charge is -2.41. The molecule has 2 aliphatic rings. The molecule has 1 heterocycles. The summed E-state index contributed by atoms with van der Waals surface area (Å²) < 4.78 is 3.02. The van der Waals surface area contributed by atoms with Crippen molar-refractivity contribution < 1.29 is 0 Å². The van der Waals surface area contributed by atoms with Crippen molar-refractivity contribution in [3.05, 3.63) is 3.83 Å². The fourth-order valence-corrected chi connectivity index (χ4v) is 4.14. The Bertz CT molecular complexity index is 363. The Kier molecular flexibility index (Phi) is 3.13. The van der Waals surface area contributed by atoms with Gasteiger partial charge in [-0.3, -0.25) is 0 Å². The first-order valence-electron chi connectivity index (χ1n) is 6.29. The van der Waals surface area contributed by atoms with Crippen LogP contribution in [-0.2, 0) is 0 Å². The zero-order valence-electron chi connectivity index (χ0n) is 9.35. The molecule has 3 rings (SSSR count). The summed E-state index contributed by atoms with van der Waals surface area (Å²) in [4.78, 5) is 0. The van der Waals surface area contributed by atoms with Gasteiger partial charge in [-0.05, 0) is 35.1 Å². The van der Waals surface area contributed by atoms with Crippen LogP contribution in [0.1, 0.15) is 51.0 Å². The average molecular weight is 332 g/mol. The zero-order chi connectivity index (χ0) is 11.0. The Morgan fingerprint density at radius 3 is 2.69 bits per heavy atom. The molecule has 2 fully saturated rings. The predicted octanol–water partition coefficient (Wildman–Crippen LogP) is 2.81. The predicted molar refractivity (Wildman–Crippen MR) is 68.9 cm³/mol. The molecule has 0 amide bonds. The van der Waals surface area contributed by atoms with Crippen LogP contribution >= 0.6 is 22.6 Å². The lowest BCUT2D eigenvalue weighted by Crippen LogP contribution is -2.33. The fraction of sp³-hybridized carbons (Fsp3) is 0.909. The van der Waals surface area contributed by atoms with E-state index in [9.17, 15) is 0 Å². The monoisotopic (exact) mass is 332 g/mol. The number of rotatable bonds is 1. The second-order valence-electron chi connectivity index (χ2n) is 5.10. The SMILES string of the molecule is Ic1nnnn1C1CCCC2CCCCC21. The Hall–Kier alpha value is -0.200. The highest BCUT2D eigenvalue weighted by atomic mass is 127. The Morgan fingerprint density at radius 1 is 1.06 bits per heavy atom. The Morgan fingerprint density at radius 2 is 1.88 bits per heavy atom. The second-order valence-corrected chi connectivity index (χ2v) is 6.06. The Balaban J connectivity index is 1.86. The van der Waals surface area contributed by atoms with Crippen molar-refractivity contribution in [3.63, 3.8) is 0 Å². The van der Waals surface area contributed by atoms with Gasteiger partial charge in [0.15, 0.2) is 0 Å². The molecule has 3 unspecified atom stereocenters. The maximum Gasteiger partial charge on any atom is 0.212 e. The van der Waals surface area contributed by atoms with E-state index in [0.29, 0.717) is 6.04 Å². The van der Waals surface area contributed by atoms with Gasteiger partial charge in [-0.15, -0.1) is 5.10 Å². The van der Waals surface area contributed by atoms with Gasteiger partial charge in [-0.25, -0.2) is 4.68 Å². The van der Waals surface area contributed by atoms with E-state index < -0.39 is 0 Å². The molecule has 4 nitrogen and oxygen atoms in total. The van der Waals surface area contributed by atoms with Crippen LogP contribution in [0.5, 0.6) is 0 Å². The van der Waals surface area contributed by atoms with Gasteiger partial charge in [0.05, 0.1) is 6.04 Å². The van der Waals surface area contributed by atoms with E-state index >= 15 is 0 Å². The summed E-state index contributed by atoms with van der Waals surface area (Å²) in [6.45, 7) is 0. The van der Waals surface area contributed by atoms with Crippen LogP contribution in [0.4, 0.5) is 0 Å². The first-order chi connectivity index (χ1) is 7.86. The second kappa shape index (κ2) is 4.58. The summed E-state index contributed by atoms with van der Waals surface area (Å²) in [6.07, 6.45) is 9.69. The maximum absolute atomic E-state index is 4.18. The minimum absolute atomic E-state index is 0.570. The summed E-state index contributed by atoms with van der Waals surface area (Å²) in [5, 5.41) is 12.0. The molecule has 2 aliphatic carbocycles. The molecule has 16 heavy (non-hydrogen) atoms. The van der Waals surface area contributed by atoms with E-state index in [4.69, 9.17) is 0 Å². The lowest BCUT2D eigenvalue weighted by molar-refractivity contribution is 0.0988. The van der Waals surface area contributed by atoms with Gasteiger partial charge in [-0.2, -0.15) is 0 Å². The summed E-state index contributed by atoms with van der Waals surface area (Å²) in [5.41, 5.74) is 0. The molecule has 88 valence electrons. The quantitative estimate of drug-likeness (QED) is 0.743. The van der Waals surface area contributed by atoms with Crippen LogP contribution in [-0.4, -0.2) is 20.2 Å². The van der Waals surface area contributed by atoms with Crippen LogP contribution in [0.2, 0.25) is 0 Å². The van der Waals surface area contributed by atoms with Crippen LogP contribution in [0.15, 0.2) is 0 Å². The number of tetrazole rings is 1. The molecule has 0 aromatic carbocycles. The third-order valence-corrected chi connectivity index (χ3v) is 5.01. The molecular weight excluding hydrogens is 315 g/mol. The number of nitrogens with zero attached hydrogens (tertiary/aromatic N) is 4. The van der Waals surface area contributed by atoms with Gasteiger partial charge >= 0.3 is 0 Å². The van der Waals surface area contributed by atoms with Crippen molar-refractivity contribution >= 4 is 22.6 Å². The minimum atomic E-state index is 0.570. The number of aromatic nitrogens is 4. The van der Waals surface area contributed by atoms with Crippen molar-refractivity contribution in [1.29, 1.82) is 0 Å². The third kappa shape index (κ3) is 1.87. The van der Waals surface area contributed by atoms with E-state index in [1.165, 1.54) is 44.9 Å². The zero-order valence-corrected chi connectivity index (χ0v) is 11.5. The van der Waals surface area contributed by atoms with Gasteiger partial charge < -0.3 is 0 Å². The maximum atomic E-state index is 4.18. The molecule has 0 spiro atoms. The van der Waals surface area contributed by atoms with Gasteiger partial charge in [-0.1, -0.05) is 32.1 Å². The number of halogens is 1. The molecule has 0 aliphatic heterocycles. The number of hydrogen-bond acceptors (Lipinski definition) is 3. The lowest BCUT2D eigenvalue weighted by atomic mass is 9.68. The smallest absolute Gasteiger partial charge is 0.212 e. The molecular formula is C11H17IN4. The van der Waals surface area contributed by atoms with Crippen LogP contribution < -0.4 is 0 Å². The van der Waals surface area contributed by atoms with Crippen molar-refractivity contribution in [3.8, 4) is 0 Å². The largest absolute Gasteiger partial charge is 0.217 e. The summed E-state index contributed by atoms with van der Waals surface area (Å²) >= 11 is 2.25. The highest BCUT2D eigenvalue weighted by molar-refractivity contribution is 14.1. The molecule has 0 saturated heterocycles. The van der Waals surface area contributed by atoms with Crippen molar-refractivity contribution in [2.75, 3.05) is 0 Å². The van der Waals surface area contributed by atoms with E-state index in [1.54, 1.807) is 0 Å². The highest BCUT2D eigenvalue weighted by Crippen LogP contribution is 2.45. The van der Waals surface area contributed by atoms with Crippen LogP contribution in [0.3, 0.4) is 0 Å². The minimum Gasteiger partial charge on any atom is -0.217 e. The molecule has 3 atom stereocenters. The summed E-state index contributed by atoms with van der Waals surface area (Å²) in [6, 6.07) is 0.570. The van der Waals surface area contributed by atoms with Crippen molar-refractivity contribution in [1.82, 2.24) is 20.2 Å². The third-order valence-electron chi connectivity index (χ3n) is 4.30. The highest BCUT2D eigenvalue weighted by Gasteiger charge is 2.37. The number of hydrogen-bond donors (Lipinski definition) is 0. The van der Waals surface area contributed by atoms with Gasteiger partial charge in [0.25, 0.3) is 0 Å². The normalized spacial score (nSPS) is 34.7. The van der Waals surface area contributed by atoms with Crippen molar-refractivity contribution in [2.24, 2.45) is 11.8 Å². The van der Waals surface area contributed by atoms with E-state index in [1.807, 2.05) is 0 Å². The Labute approximate surface area is 109 Å². The molecule has 0 N–H and O–H groups in total. The van der Waals surface area contributed by atoms with Crippen LogP contribution in [0, 0.1) is 15.7 Å². The summed E-state index contributed by atoms with van der Waals surface area (Å²) in [7, 11) is 0. The van der Waals surface area contributed by atoms with Crippen molar-refractivity contribution in [2.45, 2.75) is 51.0 Å². The summed E-state index contributed by atoms with van der Waals surface area (Å²) in [5.74, 6) is 1.77. The molecule has 1 aromatic rings. The molecule has 0 radical (unpaired) electrons. The first-order valence-corrected chi connectivity index (χ1v) is 7.37. The van der Waals surface area contributed by atoms with Gasteiger partial charge in [0.2, 0.25) is 3.83 Å². The topological polar surface area (TPSA) is 43.6 Å². The van der Waals surface area contributed by atoms with Gasteiger partial charge in [0, 0.05) is 22.6 Å². The van der Waals surface area contributed by atoms with Gasteiger partial charge in [0.1, 0.15) is 0 Å². The number of fused-ring (bicyclic) bond motifs is 1. The standard InChI is InChI=1S/C11H17IN4/c12-11-13-14-15-16(11)10-7-3-5-8-4-1-2-6-9(8)10/h8-10H,1-7H2. The average Bonchev–Trinajstić information content (AvgIpc) is 2.75. The first kappa shape index (κ1) is 10.9.